The van der Waals surface area contributed by atoms with Crippen LogP contribution in [0.3, 0.4) is 0 Å². The van der Waals surface area contributed by atoms with E-state index in [1.165, 1.54) is 32.1 Å². The number of unbranched alkanes of at least 4 members (excludes halogenated alkanes) is 1. The zero-order valence-corrected chi connectivity index (χ0v) is 25.8. The number of hydroxylamine groups is 3. The Kier molecular flexibility index (Phi) is 9.19. The molecule has 1 atom stereocenters. The van der Waals surface area contributed by atoms with Crippen molar-refractivity contribution >= 4 is 12.0 Å². The molecule has 5 rings (SSSR count). The van der Waals surface area contributed by atoms with E-state index in [1.807, 2.05) is 30.9 Å². The van der Waals surface area contributed by atoms with Crippen molar-refractivity contribution in [1.82, 2.24) is 9.80 Å². The molecule has 1 aromatic carbocycles. The van der Waals surface area contributed by atoms with Gasteiger partial charge in [0.05, 0.1) is 32.3 Å². The van der Waals surface area contributed by atoms with E-state index in [9.17, 15) is 14.8 Å². The van der Waals surface area contributed by atoms with E-state index in [2.05, 4.69) is 11.8 Å². The summed E-state index contributed by atoms with van der Waals surface area (Å²) < 4.78 is 11.4. The van der Waals surface area contributed by atoms with Crippen LogP contribution in [0.2, 0.25) is 0 Å². The molecule has 41 heavy (non-hydrogen) atoms. The van der Waals surface area contributed by atoms with E-state index in [0.29, 0.717) is 57.8 Å². The molecule has 3 saturated heterocycles. The van der Waals surface area contributed by atoms with Gasteiger partial charge in [0, 0.05) is 50.9 Å². The zero-order chi connectivity index (χ0) is 29.2. The highest BCUT2D eigenvalue weighted by Crippen LogP contribution is 2.44. The molecule has 1 aliphatic carbocycles. The summed E-state index contributed by atoms with van der Waals surface area (Å²) in [5.74, 6) is 1.38. The fourth-order valence-electron chi connectivity index (χ4n) is 8.25. The van der Waals surface area contributed by atoms with Gasteiger partial charge < -0.3 is 29.1 Å². The molecule has 1 saturated carbocycles. The van der Waals surface area contributed by atoms with Gasteiger partial charge in [0.2, 0.25) is 0 Å². The average Bonchev–Trinajstić information content (AvgIpc) is 3.23. The largest absolute Gasteiger partial charge is 0.633 e. The molecule has 2 amide bonds. The van der Waals surface area contributed by atoms with Gasteiger partial charge in [0.1, 0.15) is 11.4 Å². The van der Waals surface area contributed by atoms with E-state index in [1.54, 1.807) is 7.11 Å². The number of aryl methyl sites for hydroxylation is 2. The van der Waals surface area contributed by atoms with Crippen LogP contribution in [0.25, 0.3) is 0 Å². The number of quaternary nitrogens is 1. The van der Waals surface area contributed by atoms with Crippen molar-refractivity contribution in [1.29, 1.82) is 0 Å². The number of rotatable bonds is 8. The molecule has 0 aromatic heterocycles. The maximum atomic E-state index is 14.2. The predicted octanol–water partition coefficient (Wildman–Crippen LogP) is 6.36. The Morgan fingerprint density at radius 3 is 2.29 bits per heavy atom. The van der Waals surface area contributed by atoms with Crippen molar-refractivity contribution in [3.05, 3.63) is 34.0 Å². The zero-order valence-electron chi connectivity index (χ0n) is 25.8. The molecule has 1 aromatic rings. The Balaban J connectivity index is 1.21. The first-order valence-electron chi connectivity index (χ1n) is 16.2. The van der Waals surface area contributed by atoms with E-state index >= 15 is 0 Å². The molecule has 4 fully saturated rings. The first-order valence-corrected chi connectivity index (χ1v) is 16.2. The van der Waals surface area contributed by atoms with Gasteiger partial charge in [-0.15, -0.1) is 0 Å². The predicted molar refractivity (Wildman–Crippen MR) is 160 cm³/mol. The van der Waals surface area contributed by atoms with Crippen molar-refractivity contribution in [2.45, 2.75) is 116 Å². The molecule has 4 aliphatic rings. The quantitative estimate of drug-likeness (QED) is 0.269. The highest BCUT2D eigenvalue weighted by atomic mass is 16.6. The third kappa shape index (κ3) is 6.10. The van der Waals surface area contributed by atoms with E-state index in [-0.39, 0.29) is 28.7 Å². The molecule has 8 heteroatoms. The molecule has 3 aliphatic heterocycles. The van der Waals surface area contributed by atoms with Gasteiger partial charge in [-0.05, 0) is 62.3 Å². The maximum Gasteiger partial charge on any atom is 0.410 e. The number of piperidine rings is 2. The molecular weight excluding hydrogens is 518 g/mol. The number of ether oxygens (including phenoxy) is 2. The Bertz CT molecular complexity index is 1060. The Morgan fingerprint density at radius 2 is 1.71 bits per heavy atom. The van der Waals surface area contributed by atoms with E-state index in [0.717, 1.165) is 48.2 Å². The average molecular weight is 570 g/mol. The van der Waals surface area contributed by atoms with Crippen LogP contribution in [0.15, 0.2) is 12.1 Å². The first kappa shape index (κ1) is 30.1. The maximum absolute atomic E-state index is 14.2. The minimum absolute atomic E-state index is 0.0148. The SMILES string of the molecule is CCCCC1N(CC2CCCCC2)C(=O)OC12CC[N+]([O-])(C1CCN(C(=O)c3c(C)cc(OC)cc3C)CC1)CC2. The van der Waals surface area contributed by atoms with Gasteiger partial charge in [-0.25, -0.2) is 4.79 Å². The summed E-state index contributed by atoms with van der Waals surface area (Å²) >= 11 is 0. The Hall–Kier alpha value is -2.32. The van der Waals surface area contributed by atoms with Gasteiger partial charge in [-0.3, -0.25) is 4.79 Å². The number of hydrogen-bond donors (Lipinski definition) is 0. The Labute approximate surface area is 246 Å². The molecule has 0 bridgehead atoms. The van der Waals surface area contributed by atoms with Crippen molar-refractivity contribution in [3.8, 4) is 5.75 Å². The van der Waals surface area contributed by atoms with Crippen LogP contribution >= 0.6 is 0 Å². The van der Waals surface area contributed by atoms with Gasteiger partial charge >= 0.3 is 6.09 Å². The number of amides is 2. The molecular formula is C33H51N3O5. The molecule has 3 heterocycles. The fraction of sp³-hybridized carbons (Fsp3) is 0.758. The summed E-state index contributed by atoms with van der Waals surface area (Å²) in [7, 11) is 1.64. The van der Waals surface area contributed by atoms with Gasteiger partial charge in [0.25, 0.3) is 5.91 Å². The lowest BCUT2D eigenvalue weighted by Crippen LogP contribution is -2.63. The number of carbonyl (C=O) groups is 2. The summed E-state index contributed by atoms with van der Waals surface area (Å²) in [5.41, 5.74) is 2.06. The molecule has 0 radical (unpaired) electrons. The van der Waals surface area contributed by atoms with E-state index < -0.39 is 5.60 Å². The Morgan fingerprint density at radius 1 is 1.07 bits per heavy atom. The van der Waals surface area contributed by atoms with Crippen molar-refractivity contribution in [2.24, 2.45) is 5.92 Å². The number of carbonyl (C=O) groups excluding carboxylic acids is 2. The monoisotopic (exact) mass is 569 g/mol. The second-order valence-corrected chi connectivity index (χ2v) is 13.3. The van der Waals surface area contributed by atoms with Crippen LogP contribution in [0.4, 0.5) is 4.79 Å². The lowest BCUT2D eigenvalue weighted by atomic mass is 9.80. The van der Waals surface area contributed by atoms with Gasteiger partial charge in [-0.1, -0.05) is 39.0 Å². The van der Waals surface area contributed by atoms with Crippen LogP contribution < -0.4 is 4.74 Å². The third-order valence-corrected chi connectivity index (χ3v) is 10.7. The molecule has 228 valence electrons. The summed E-state index contributed by atoms with van der Waals surface area (Å²) in [4.78, 5) is 30.7. The highest BCUT2D eigenvalue weighted by Gasteiger charge is 2.57. The second kappa shape index (κ2) is 12.5. The second-order valence-electron chi connectivity index (χ2n) is 13.3. The van der Waals surface area contributed by atoms with Crippen LogP contribution in [-0.2, 0) is 4.74 Å². The number of benzene rings is 1. The summed E-state index contributed by atoms with van der Waals surface area (Å²) in [6.07, 6.45) is 11.9. The molecule has 1 spiro atoms. The van der Waals surface area contributed by atoms with Crippen molar-refractivity contribution < 1.29 is 23.7 Å². The molecule has 8 nitrogen and oxygen atoms in total. The standard InChI is InChI=1S/C33H51N3O5/c1-5-6-12-29-33(41-32(38)35(29)23-26-10-8-7-9-11-26)15-19-36(39,20-16-33)27-13-17-34(18-14-27)31(37)30-24(2)21-28(40-4)22-25(30)3/h21-22,26-27,29H,5-20,23H2,1-4H3. The number of hydrogen-bond acceptors (Lipinski definition) is 5. The van der Waals surface area contributed by atoms with Crippen LogP contribution in [0.1, 0.15) is 105 Å². The minimum atomic E-state index is -0.521. The summed E-state index contributed by atoms with van der Waals surface area (Å²) in [5, 5.41) is 14.2. The summed E-state index contributed by atoms with van der Waals surface area (Å²) in [6, 6.07) is 3.89. The van der Waals surface area contributed by atoms with Crippen LogP contribution in [0.5, 0.6) is 5.75 Å². The van der Waals surface area contributed by atoms with Crippen molar-refractivity contribution in [2.75, 3.05) is 39.8 Å². The van der Waals surface area contributed by atoms with Crippen LogP contribution in [0, 0.1) is 25.0 Å². The summed E-state index contributed by atoms with van der Waals surface area (Å²) in [6.45, 7) is 9.10. The fourth-order valence-corrected chi connectivity index (χ4v) is 8.25. The first-order chi connectivity index (χ1) is 19.7. The van der Waals surface area contributed by atoms with Crippen molar-refractivity contribution in [3.63, 3.8) is 0 Å². The minimum Gasteiger partial charge on any atom is -0.633 e. The lowest BCUT2D eigenvalue weighted by molar-refractivity contribution is -0.913. The topological polar surface area (TPSA) is 82.1 Å². The molecule has 0 N–H and O–H groups in total. The normalized spacial score (nSPS) is 29.7. The lowest BCUT2D eigenvalue weighted by Gasteiger charge is -2.56. The highest BCUT2D eigenvalue weighted by molar-refractivity contribution is 5.97. The number of methoxy groups -OCH3 is 1. The van der Waals surface area contributed by atoms with Crippen LogP contribution in [-0.4, -0.2) is 84.0 Å². The number of nitrogens with zero attached hydrogens (tertiary/aromatic N) is 3. The third-order valence-electron chi connectivity index (χ3n) is 10.7. The number of likely N-dealkylation sites (tertiary alicyclic amines) is 2. The van der Waals surface area contributed by atoms with Gasteiger partial charge in [-0.2, -0.15) is 0 Å². The smallest absolute Gasteiger partial charge is 0.410 e. The molecule has 1 unspecified atom stereocenters. The van der Waals surface area contributed by atoms with Gasteiger partial charge in [0.15, 0.2) is 0 Å². The van der Waals surface area contributed by atoms with E-state index in [4.69, 9.17) is 9.47 Å².